The van der Waals surface area contributed by atoms with Gasteiger partial charge in [-0.25, -0.2) is 0 Å². The largest absolute Gasteiger partial charge is 0.330 e. The lowest BCUT2D eigenvalue weighted by atomic mass is 10.2. The molecule has 110 valence electrons. The van der Waals surface area contributed by atoms with Crippen molar-refractivity contribution in [2.45, 2.75) is 32.0 Å². The molecule has 0 saturated heterocycles. The Bertz CT molecular complexity index is 606. The standard InChI is InChI=1S/C15H19N5O/c16-8-9-19-11-14(17-18-19)15(21)20(13-6-7-13)10-12-4-2-1-3-5-12/h1-5,11,13H,6-10,16H2. The van der Waals surface area contributed by atoms with E-state index in [4.69, 9.17) is 5.73 Å². The number of carbonyl (C=O) groups excluding carboxylic acids is 1. The number of hydrogen-bond acceptors (Lipinski definition) is 4. The van der Waals surface area contributed by atoms with Crippen LogP contribution in [0.5, 0.6) is 0 Å². The molecule has 1 aliphatic rings. The van der Waals surface area contributed by atoms with Gasteiger partial charge in [0.1, 0.15) is 0 Å². The Labute approximate surface area is 123 Å². The van der Waals surface area contributed by atoms with Gasteiger partial charge in [0.05, 0.1) is 12.7 Å². The van der Waals surface area contributed by atoms with E-state index in [-0.39, 0.29) is 5.91 Å². The lowest BCUT2D eigenvalue weighted by molar-refractivity contribution is 0.0724. The molecule has 0 radical (unpaired) electrons. The predicted octanol–water partition coefficient (Wildman–Crippen LogP) is 1.04. The van der Waals surface area contributed by atoms with Crippen molar-refractivity contribution in [2.24, 2.45) is 5.73 Å². The zero-order valence-electron chi connectivity index (χ0n) is 11.9. The molecule has 1 aromatic carbocycles. The quantitative estimate of drug-likeness (QED) is 0.860. The number of nitrogens with two attached hydrogens (primary N) is 1. The van der Waals surface area contributed by atoms with Gasteiger partial charge in [0.15, 0.2) is 5.69 Å². The number of amides is 1. The molecular formula is C15H19N5O. The maximum absolute atomic E-state index is 12.6. The van der Waals surface area contributed by atoms with Crippen molar-refractivity contribution in [3.05, 3.63) is 47.8 Å². The van der Waals surface area contributed by atoms with Crippen molar-refractivity contribution < 1.29 is 4.79 Å². The molecule has 1 saturated carbocycles. The van der Waals surface area contributed by atoms with E-state index < -0.39 is 0 Å². The van der Waals surface area contributed by atoms with Crippen LogP contribution >= 0.6 is 0 Å². The van der Waals surface area contributed by atoms with Gasteiger partial charge >= 0.3 is 0 Å². The molecule has 21 heavy (non-hydrogen) atoms. The van der Waals surface area contributed by atoms with E-state index in [9.17, 15) is 4.79 Å². The van der Waals surface area contributed by atoms with Crippen molar-refractivity contribution in [1.82, 2.24) is 19.9 Å². The molecule has 1 heterocycles. The molecule has 2 N–H and O–H groups in total. The second-order valence-corrected chi connectivity index (χ2v) is 5.31. The molecule has 0 atom stereocenters. The fourth-order valence-electron chi connectivity index (χ4n) is 2.32. The Morgan fingerprint density at radius 3 is 2.76 bits per heavy atom. The first-order valence-corrected chi connectivity index (χ1v) is 7.23. The van der Waals surface area contributed by atoms with Crippen LogP contribution in [0.25, 0.3) is 0 Å². The molecule has 1 fully saturated rings. The van der Waals surface area contributed by atoms with Crippen LogP contribution in [0, 0.1) is 0 Å². The summed E-state index contributed by atoms with van der Waals surface area (Å²) in [6, 6.07) is 10.4. The minimum absolute atomic E-state index is 0.0513. The first kappa shape index (κ1) is 13.8. The summed E-state index contributed by atoms with van der Waals surface area (Å²) < 4.78 is 1.61. The Morgan fingerprint density at radius 2 is 2.10 bits per heavy atom. The van der Waals surface area contributed by atoms with E-state index in [2.05, 4.69) is 10.3 Å². The number of benzene rings is 1. The zero-order valence-corrected chi connectivity index (χ0v) is 11.9. The van der Waals surface area contributed by atoms with Gasteiger partial charge in [0.2, 0.25) is 0 Å². The first-order valence-electron chi connectivity index (χ1n) is 7.23. The van der Waals surface area contributed by atoms with Crippen LogP contribution in [-0.2, 0) is 13.1 Å². The van der Waals surface area contributed by atoms with Crippen LogP contribution in [0.4, 0.5) is 0 Å². The van der Waals surface area contributed by atoms with Crippen LogP contribution in [0.2, 0.25) is 0 Å². The average Bonchev–Trinajstić information content (AvgIpc) is 3.25. The van der Waals surface area contributed by atoms with E-state index in [0.29, 0.717) is 31.4 Å². The molecule has 1 aromatic heterocycles. The fraction of sp³-hybridized carbons (Fsp3) is 0.400. The summed E-state index contributed by atoms with van der Waals surface area (Å²) in [4.78, 5) is 14.5. The number of carbonyl (C=O) groups is 1. The Morgan fingerprint density at radius 1 is 1.33 bits per heavy atom. The number of rotatable bonds is 6. The summed E-state index contributed by atoms with van der Waals surface area (Å²) in [5.74, 6) is -0.0513. The predicted molar refractivity (Wildman–Crippen MR) is 78.4 cm³/mol. The molecule has 0 spiro atoms. The molecule has 0 aliphatic heterocycles. The normalized spacial score (nSPS) is 14.1. The topological polar surface area (TPSA) is 77.0 Å². The second kappa shape index (κ2) is 6.05. The third-order valence-electron chi connectivity index (χ3n) is 3.56. The molecule has 3 rings (SSSR count). The highest BCUT2D eigenvalue weighted by Crippen LogP contribution is 2.29. The van der Waals surface area contributed by atoms with Crippen LogP contribution in [-0.4, -0.2) is 38.4 Å². The third-order valence-corrected chi connectivity index (χ3v) is 3.56. The monoisotopic (exact) mass is 285 g/mol. The van der Waals surface area contributed by atoms with E-state index in [1.165, 1.54) is 0 Å². The van der Waals surface area contributed by atoms with E-state index in [0.717, 1.165) is 18.4 Å². The summed E-state index contributed by atoms with van der Waals surface area (Å²) in [7, 11) is 0. The van der Waals surface area contributed by atoms with Crippen molar-refractivity contribution in [3.63, 3.8) is 0 Å². The van der Waals surface area contributed by atoms with Gasteiger partial charge in [-0.3, -0.25) is 9.48 Å². The summed E-state index contributed by atoms with van der Waals surface area (Å²) >= 11 is 0. The van der Waals surface area contributed by atoms with Crippen LogP contribution < -0.4 is 5.73 Å². The molecule has 0 bridgehead atoms. The maximum Gasteiger partial charge on any atom is 0.276 e. The van der Waals surface area contributed by atoms with Crippen molar-refractivity contribution in [3.8, 4) is 0 Å². The highest BCUT2D eigenvalue weighted by Gasteiger charge is 2.34. The van der Waals surface area contributed by atoms with Gasteiger partial charge in [-0.15, -0.1) is 5.10 Å². The highest BCUT2D eigenvalue weighted by molar-refractivity contribution is 5.92. The summed E-state index contributed by atoms with van der Waals surface area (Å²) in [5.41, 5.74) is 7.01. The fourth-order valence-corrected chi connectivity index (χ4v) is 2.32. The molecular weight excluding hydrogens is 266 g/mol. The van der Waals surface area contributed by atoms with Crippen LogP contribution in [0.3, 0.4) is 0 Å². The van der Waals surface area contributed by atoms with Gasteiger partial charge in [-0.05, 0) is 18.4 Å². The van der Waals surface area contributed by atoms with Gasteiger partial charge in [-0.2, -0.15) is 0 Å². The SMILES string of the molecule is NCCn1cc(C(=O)N(Cc2ccccc2)C2CC2)nn1. The lowest BCUT2D eigenvalue weighted by Gasteiger charge is -2.21. The van der Waals surface area contributed by atoms with Crippen molar-refractivity contribution in [1.29, 1.82) is 0 Å². The Hall–Kier alpha value is -2.21. The van der Waals surface area contributed by atoms with Crippen LogP contribution in [0.15, 0.2) is 36.5 Å². The summed E-state index contributed by atoms with van der Waals surface area (Å²) in [6.45, 7) is 1.67. The van der Waals surface area contributed by atoms with Crippen LogP contribution in [0.1, 0.15) is 28.9 Å². The number of aromatic nitrogens is 3. The molecule has 1 amide bonds. The minimum Gasteiger partial charge on any atom is -0.330 e. The highest BCUT2D eigenvalue weighted by atomic mass is 16.2. The summed E-state index contributed by atoms with van der Waals surface area (Å²) in [6.07, 6.45) is 3.81. The lowest BCUT2D eigenvalue weighted by Crippen LogP contribution is -2.32. The minimum atomic E-state index is -0.0513. The zero-order chi connectivity index (χ0) is 14.7. The van der Waals surface area contributed by atoms with E-state index in [1.54, 1.807) is 10.9 Å². The van der Waals surface area contributed by atoms with E-state index >= 15 is 0 Å². The maximum atomic E-state index is 12.6. The Kier molecular flexibility index (Phi) is 3.96. The van der Waals surface area contributed by atoms with Crippen molar-refractivity contribution in [2.75, 3.05) is 6.54 Å². The third kappa shape index (κ3) is 3.28. The summed E-state index contributed by atoms with van der Waals surface area (Å²) in [5, 5.41) is 7.91. The van der Waals surface area contributed by atoms with Gasteiger partial charge < -0.3 is 10.6 Å². The molecule has 2 aromatic rings. The first-order chi connectivity index (χ1) is 10.3. The molecule has 0 unspecified atom stereocenters. The second-order valence-electron chi connectivity index (χ2n) is 5.31. The number of hydrogen-bond donors (Lipinski definition) is 1. The van der Waals surface area contributed by atoms with E-state index in [1.807, 2.05) is 35.2 Å². The number of nitrogens with zero attached hydrogens (tertiary/aromatic N) is 4. The van der Waals surface area contributed by atoms with Gasteiger partial charge in [0.25, 0.3) is 5.91 Å². The van der Waals surface area contributed by atoms with Gasteiger partial charge in [0, 0.05) is 19.1 Å². The van der Waals surface area contributed by atoms with Crippen molar-refractivity contribution >= 4 is 5.91 Å². The molecule has 6 nitrogen and oxygen atoms in total. The Balaban J connectivity index is 1.75. The van der Waals surface area contributed by atoms with Gasteiger partial charge in [-0.1, -0.05) is 35.5 Å². The molecule has 1 aliphatic carbocycles. The smallest absolute Gasteiger partial charge is 0.276 e. The molecule has 6 heteroatoms. The average molecular weight is 285 g/mol.